The number of halogens is 3. The number of carbonyl (C=O) groups is 2. The Balaban J connectivity index is 1.43. The smallest absolute Gasteiger partial charge is 0.339 e. The van der Waals surface area contributed by atoms with Gasteiger partial charge in [0.25, 0.3) is 0 Å². The quantitative estimate of drug-likeness (QED) is 0.837. The lowest BCUT2D eigenvalue weighted by molar-refractivity contribution is -0.142. The van der Waals surface area contributed by atoms with Crippen LogP contribution in [0.1, 0.15) is 5.69 Å². The van der Waals surface area contributed by atoms with Crippen LogP contribution in [0.3, 0.4) is 0 Å². The topological polar surface area (TPSA) is 70.5 Å². The van der Waals surface area contributed by atoms with E-state index in [1.54, 1.807) is 17.0 Å². The Morgan fingerprint density at radius 2 is 1.68 bits per heavy atom. The number of carbonyl (C=O) groups excluding carboxylic acids is 2. The lowest BCUT2D eigenvalue weighted by atomic mass is 10.3. The van der Waals surface area contributed by atoms with Crippen LogP contribution in [-0.4, -0.2) is 64.1 Å². The normalized spacial score (nSPS) is 15.5. The zero-order valence-electron chi connectivity index (χ0n) is 15.0. The summed E-state index contributed by atoms with van der Waals surface area (Å²) in [6.07, 6.45) is -3.38. The van der Waals surface area contributed by atoms with Crippen LogP contribution in [0.4, 0.5) is 18.9 Å². The molecule has 0 aliphatic carbocycles. The zero-order valence-corrected chi connectivity index (χ0v) is 15.0. The molecule has 10 heteroatoms. The van der Waals surface area contributed by atoms with Crippen LogP contribution in [0.15, 0.2) is 42.6 Å². The number of amides is 2. The number of hydrogen-bond donors (Lipinski definition) is 1. The summed E-state index contributed by atoms with van der Waals surface area (Å²) in [5.41, 5.74) is -0.298. The SMILES string of the molecule is O=C(CN1CCN(C(=O)Cn2ccc(C(F)(F)F)n2)CC1)Nc1ccccc1. The van der Waals surface area contributed by atoms with Crippen molar-refractivity contribution in [1.82, 2.24) is 19.6 Å². The molecular formula is C18H20F3N5O2. The number of piperazine rings is 1. The van der Waals surface area contributed by atoms with Gasteiger partial charge in [-0.05, 0) is 18.2 Å². The number of anilines is 1. The highest BCUT2D eigenvalue weighted by Gasteiger charge is 2.33. The second-order valence-corrected chi connectivity index (χ2v) is 6.47. The third-order valence-corrected chi connectivity index (χ3v) is 4.38. The van der Waals surface area contributed by atoms with Crippen LogP contribution >= 0.6 is 0 Å². The molecule has 1 aliphatic heterocycles. The van der Waals surface area contributed by atoms with Crippen molar-refractivity contribution in [1.29, 1.82) is 0 Å². The van der Waals surface area contributed by atoms with Gasteiger partial charge in [0.15, 0.2) is 5.69 Å². The summed E-state index contributed by atoms with van der Waals surface area (Å²) >= 11 is 0. The Kier molecular flexibility index (Phi) is 5.98. The Morgan fingerprint density at radius 3 is 2.29 bits per heavy atom. The van der Waals surface area contributed by atoms with Gasteiger partial charge < -0.3 is 10.2 Å². The molecule has 150 valence electrons. The number of hydrogen-bond acceptors (Lipinski definition) is 4. The number of rotatable bonds is 5. The number of benzene rings is 1. The van der Waals surface area contributed by atoms with Gasteiger partial charge in [-0.25, -0.2) is 0 Å². The van der Waals surface area contributed by atoms with Crippen molar-refractivity contribution in [2.75, 3.05) is 38.0 Å². The van der Waals surface area contributed by atoms with Gasteiger partial charge in [0.1, 0.15) is 6.54 Å². The van der Waals surface area contributed by atoms with E-state index in [9.17, 15) is 22.8 Å². The molecule has 1 fully saturated rings. The lowest BCUT2D eigenvalue weighted by Crippen LogP contribution is -2.51. The maximum absolute atomic E-state index is 12.6. The Bertz CT molecular complexity index is 814. The van der Waals surface area contributed by atoms with E-state index in [-0.39, 0.29) is 24.9 Å². The molecule has 0 spiro atoms. The first kappa shape index (κ1) is 19.9. The molecule has 1 aromatic carbocycles. The predicted octanol–water partition coefficient (Wildman–Crippen LogP) is 1.68. The van der Waals surface area contributed by atoms with Gasteiger partial charge in [-0.15, -0.1) is 0 Å². The summed E-state index contributed by atoms with van der Waals surface area (Å²) in [7, 11) is 0. The van der Waals surface area contributed by atoms with Crippen molar-refractivity contribution in [2.45, 2.75) is 12.7 Å². The molecular weight excluding hydrogens is 375 g/mol. The molecule has 1 aromatic heterocycles. The van der Waals surface area contributed by atoms with E-state index in [1.807, 2.05) is 23.1 Å². The molecule has 0 unspecified atom stereocenters. The lowest BCUT2D eigenvalue weighted by Gasteiger charge is -2.34. The van der Waals surface area contributed by atoms with Crippen molar-refractivity contribution in [3.63, 3.8) is 0 Å². The number of para-hydroxylation sites is 1. The van der Waals surface area contributed by atoms with Gasteiger partial charge in [-0.2, -0.15) is 18.3 Å². The van der Waals surface area contributed by atoms with Gasteiger partial charge in [-0.3, -0.25) is 19.2 Å². The third kappa shape index (κ3) is 5.32. The standard InChI is InChI=1S/C18H20F3N5O2/c19-18(20,21)15-6-7-26(23-15)13-17(28)25-10-8-24(9-11-25)12-16(27)22-14-4-2-1-3-5-14/h1-7H,8-13H2,(H,22,27). The summed E-state index contributed by atoms with van der Waals surface area (Å²) < 4.78 is 38.7. The molecule has 2 aromatic rings. The van der Waals surface area contributed by atoms with Crippen molar-refractivity contribution in [3.05, 3.63) is 48.3 Å². The molecule has 3 rings (SSSR count). The molecule has 28 heavy (non-hydrogen) atoms. The van der Waals surface area contributed by atoms with E-state index in [2.05, 4.69) is 10.4 Å². The highest BCUT2D eigenvalue weighted by Crippen LogP contribution is 2.27. The van der Waals surface area contributed by atoms with Crippen LogP contribution in [0.5, 0.6) is 0 Å². The average molecular weight is 395 g/mol. The zero-order chi connectivity index (χ0) is 20.1. The Hall–Kier alpha value is -2.88. The van der Waals surface area contributed by atoms with E-state index in [0.29, 0.717) is 26.2 Å². The molecule has 0 atom stereocenters. The van der Waals surface area contributed by atoms with Gasteiger partial charge >= 0.3 is 6.18 Å². The van der Waals surface area contributed by atoms with Crippen molar-refractivity contribution in [3.8, 4) is 0 Å². The fourth-order valence-corrected chi connectivity index (χ4v) is 2.92. The molecule has 1 aliphatic rings. The fraction of sp³-hybridized carbons (Fsp3) is 0.389. The van der Waals surface area contributed by atoms with Crippen molar-refractivity contribution >= 4 is 17.5 Å². The van der Waals surface area contributed by atoms with Gasteiger partial charge in [0.05, 0.1) is 6.54 Å². The summed E-state index contributed by atoms with van der Waals surface area (Å²) in [5, 5.41) is 6.20. The van der Waals surface area contributed by atoms with E-state index in [1.165, 1.54) is 0 Å². The summed E-state index contributed by atoms with van der Waals surface area (Å²) in [6.45, 7) is 1.81. The Labute approximate surface area is 159 Å². The number of nitrogens with zero attached hydrogens (tertiary/aromatic N) is 4. The van der Waals surface area contributed by atoms with Crippen LogP contribution in [0.25, 0.3) is 0 Å². The van der Waals surface area contributed by atoms with Crippen LogP contribution < -0.4 is 5.32 Å². The minimum absolute atomic E-state index is 0.137. The average Bonchev–Trinajstić information content (AvgIpc) is 3.12. The van der Waals surface area contributed by atoms with Crippen LogP contribution in [0.2, 0.25) is 0 Å². The van der Waals surface area contributed by atoms with Gasteiger partial charge in [0, 0.05) is 38.1 Å². The highest BCUT2D eigenvalue weighted by atomic mass is 19.4. The van der Waals surface area contributed by atoms with Gasteiger partial charge in [-0.1, -0.05) is 18.2 Å². The molecule has 0 radical (unpaired) electrons. The van der Waals surface area contributed by atoms with Crippen molar-refractivity contribution in [2.24, 2.45) is 0 Å². The molecule has 0 saturated carbocycles. The maximum atomic E-state index is 12.6. The molecule has 1 saturated heterocycles. The number of aromatic nitrogens is 2. The molecule has 2 amide bonds. The monoisotopic (exact) mass is 395 g/mol. The maximum Gasteiger partial charge on any atom is 0.435 e. The van der Waals surface area contributed by atoms with Crippen LogP contribution in [0, 0.1) is 0 Å². The minimum atomic E-state index is -4.53. The molecule has 7 nitrogen and oxygen atoms in total. The number of nitrogens with one attached hydrogen (secondary N) is 1. The van der Waals surface area contributed by atoms with Crippen molar-refractivity contribution < 1.29 is 22.8 Å². The third-order valence-electron chi connectivity index (χ3n) is 4.38. The summed E-state index contributed by atoms with van der Waals surface area (Å²) in [6, 6.07) is 9.96. The number of alkyl halides is 3. The fourth-order valence-electron chi connectivity index (χ4n) is 2.92. The van der Waals surface area contributed by atoms with E-state index in [4.69, 9.17) is 0 Å². The van der Waals surface area contributed by atoms with E-state index in [0.717, 1.165) is 22.6 Å². The Morgan fingerprint density at radius 1 is 1.00 bits per heavy atom. The van der Waals surface area contributed by atoms with Crippen LogP contribution in [-0.2, 0) is 22.3 Å². The molecule has 2 heterocycles. The van der Waals surface area contributed by atoms with E-state index < -0.39 is 11.9 Å². The largest absolute Gasteiger partial charge is 0.435 e. The minimum Gasteiger partial charge on any atom is -0.339 e. The summed E-state index contributed by atoms with van der Waals surface area (Å²) in [5.74, 6) is -0.438. The van der Waals surface area contributed by atoms with Gasteiger partial charge in [0.2, 0.25) is 11.8 Å². The highest BCUT2D eigenvalue weighted by molar-refractivity contribution is 5.92. The summed E-state index contributed by atoms with van der Waals surface area (Å²) in [4.78, 5) is 27.9. The molecule has 1 N–H and O–H groups in total. The first-order valence-electron chi connectivity index (χ1n) is 8.77. The molecule has 0 bridgehead atoms. The first-order chi connectivity index (χ1) is 13.3. The second kappa shape index (κ2) is 8.42. The van der Waals surface area contributed by atoms with E-state index >= 15 is 0 Å². The predicted molar refractivity (Wildman–Crippen MR) is 95.3 cm³/mol. The first-order valence-corrected chi connectivity index (χ1v) is 8.77. The second-order valence-electron chi connectivity index (χ2n) is 6.47.